The molecule has 1 rings (SSSR count). The fourth-order valence-electron chi connectivity index (χ4n) is 3.99. The van der Waals surface area contributed by atoms with Crippen molar-refractivity contribution >= 4 is 0 Å². The van der Waals surface area contributed by atoms with Crippen LogP contribution in [-0.4, -0.2) is 30.7 Å². The summed E-state index contributed by atoms with van der Waals surface area (Å²) >= 11 is 0. The van der Waals surface area contributed by atoms with Crippen molar-refractivity contribution in [2.24, 2.45) is 0 Å². The van der Waals surface area contributed by atoms with Crippen LogP contribution >= 0.6 is 0 Å². The van der Waals surface area contributed by atoms with Gasteiger partial charge in [0, 0.05) is 0 Å². The van der Waals surface area contributed by atoms with E-state index >= 15 is 0 Å². The molecule has 0 N–H and O–H groups in total. The van der Waals surface area contributed by atoms with Gasteiger partial charge in [0.15, 0.2) is 0 Å². The monoisotopic (exact) mass is 375 g/mol. The number of nitrogens with zero attached hydrogens (tertiary/aromatic N) is 1. The number of halogens is 1. The molecule has 1 fully saturated rings. The minimum absolute atomic E-state index is 0. The second kappa shape index (κ2) is 15.0. The topological polar surface area (TPSA) is 0 Å². The highest BCUT2D eigenvalue weighted by atomic mass is 79.9. The van der Waals surface area contributed by atoms with E-state index in [9.17, 15) is 0 Å². The van der Waals surface area contributed by atoms with E-state index in [1.807, 2.05) is 0 Å². The number of hydrogen-bond acceptors (Lipinski definition) is 0. The summed E-state index contributed by atoms with van der Waals surface area (Å²) in [6.07, 6.45) is 20.6. The van der Waals surface area contributed by atoms with Gasteiger partial charge in [0.25, 0.3) is 0 Å². The van der Waals surface area contributed by atoms with Crippen LogP contribution in [0.15, 0.2) is 0 Å². The molecule has 1 nitrogen and oxygen atoms in total. The molecule has 1 aliphatic heterocycles. The van der Waals surface area contributed by atoms with Crippen LogP contribution in [0.1, 0.15) is 104 Å². The lowest BCUT2D eigenvalue weighted by molar-refractivity contribution is -0.926. The van der Waals surface area contributed by atoms with Crippen LogP contribution in [0.4, 0.5) is 0 Å². The Balaban J connectivity index is 0.00000441. The Bertz CT molecular complexity index is 222. The van der Waals surface area contributed by atoms with Gasteiger partial charge >= 0.3 is 0 Å². The molecule has 1 saturated heterocycles. The molecule has 134 valence electrons. The molecular formula is C20H42BrN. The summed E-state index contributed by atoms with van der Waals surface area (Å²) < 4.78 is 1.44. The summed E-state index contributed by atoms with van der Waals surface area (Å²) in [6, 6.07) is 0. The molecular weight excluding hydrogens is 334 g/mol. The highest BCUT2D eigenvalue weighted by Crippen LogP contribution is 2.20. The quantitative estimate of drug-likeness (QED) is 0.362. The van der Waals surface area contributed by atoms with Gasteiger partial charge in [0.1, 0.15) is 0 Å². The van der Waals surface area contributed by atoms with E-state index in [1.54, 1.807) is 0 Å². The Morgan fingerprint density at radius 2 is 1.05 bits per heavy atom. The molecule has 1 heterocycles. The van der Waals surface area contributed by atoms with E-state index in [0.717, 1.165) is 0 Å². The molecule has 0 saturated carbocycles. The molecule has 0 spiro atoms. The fraction of sp³-hybridized carbons (Fsp3) is 1.00. The molecule has 0 aromatic heterocycles. The largest absolute Gasteiger partial charge is 1.00 e. The van der Waals surface area contributed by atoms with Crippen LogP contribution in [0.3, 0.4) is 0 Å². The van der Waals surface area contributed by atoms with Crippen LogP contribution in [-0.2, 0) is 0 Å². The Kier molecular flexibility index (Phi) is 15.3. The van der Waals surface area contributed by atoms with Gasteiger partial charge in [0.05, 0.1) is 26.2 Å². The molecule has 0 aliphatic carbocycles. The predicted molar refractivity (Wildman–Crippen MR) is 95.7 cm³/mol. The Labute approximate surface area is 151 Å². The summed E-state index contributed by atoms with van der Waals surface area (Å²) in [7, 11) is 0. The number of likely N-dealkylation sites (tertiary alicyclic amines) is 1. The van der Waals surface area contributed by atoms with E-state index in [0.29, 0.717) is 0 Å². The molecule has 2 heteroatoms. The van der Waals surface area contributed by atoms with Crippen LogP contribution in [0.5, 0.6) is 0 Å². The summed E-state index contributed by atoms with van der Waals surface area (Å²) in [5, 5.41) is 0. The van der Waals surface area contributed by atoms with E-state index < -0.39 is 0 Å². The Hall–Kier alpha value is 0.440. The molecule has 0 unspecified atom stereocenters. The third-order valence-electron chi connectivity index (χ3n) is 5.67. The van der Waals surface area contributed by atoms with Gasteiger partial charge < -0.3 is 21.5 Å². The predicted octanol–water partition coefficient (Wildman–Crippen LogP) is 3.32. The normalized spacial score (nSPS) is 17.7. The van der Waals surface area contributed by atoms with E-state index in [2.05, 4.69) is 13.8 Å². The van der Waals surface area contributed by atoms with Gasteiger partial charge in [-0.1, -0.05) is 58.3 Å². The lowest BCUT2D eigenvalue weighted by Gasteiger charge is -2.37. The van der Waals surface area contributed by atoms with Crippen LogP contribution in [0, 0.1) is 0 Å². The molecule has 0 atom stereocenters. The van der Waals surface area contributed by atoms with Crippen molar-refractivity contribution in [3.05, 3.63) is 0 Å². The molecule has 0 amide bonds. The first-order chi connectivity index (χ1) is 10.3. The maximum Gasteiger partial charge on any atom is 0.0786 e. The van der Waals surface area contributed by atoms with Crippen LogP contribution in [0.2, 0.25) is 0 Å². The van der Waals surface area contributed by atoms with E-state index in [4.69, 9.17) is 0 Å². The first-order valence-corrected chi connectivity index (χ1v) is 10.2. The second-order valence-corrected chi connectivity index (χ2v) is 7.42. The van der Waals surface area contributed by atoms with Gasteiger partial charge in [-0.3, -0.25) is 0 Å². The third kappa shape index (κ3) is 10.3. The molecule has 0 bridgehead atoms. The van der Waals surface area contributed by atoms with Crippen molar-refractivity contribution in [2.75, 3.05) is 26.2 Å². The Morgan fingerprint density at radius 3 is 1.50 bits per heavy atom. The third-order valence-corrected chi connectivity index (χ3v) is 5.67. The summed E-state index contributed by atoms with van der Waals surface area (Å²) in [6.45, 7) is 10.5. The van der Waals surface area contributed by atoms with Crippen molar-refractivity contribution in [1.82, 2.24) is 0 Å². The SMILES string of the molecule is CCCCCCCCCCCC[N+]1(CC)CCCCCC1.[Br-]. The zero-order valence-electron chi connectivity index (χ0n) is 15.6. The maximum absolute atomic E-state index is 2.42. The van der Waals surface area contributed by atoms with E-state index in [1.165, 1.54) is 121 Å². The minimum Gasteiger partial charge on any atom is -1.00 e. The Morgan fingerprint density at radius 1 is 0.591 bits per heavy atom. The standard InChI is InChI=1S/C20H42N.BrH/c1-3-5-6-7-8-9-10-11-12-15-18-21(4-2)19-16-13-14-17-20-21;/h3-20H2,1-2H3;1H/q+1;/p-1. The number of quaternary nitrogens is 1. The summed E-state index contributed by atoms with van der Waals surface area (Å²) in [5.41, 5.74) is 0. The van der Waals surface area contributed by atoms with Crippen LogP contribution in [0.25, 0.3) is 0 Å². The smallest absolute Gasteiger partial charge is 0.0786 e. The van der Waals surface area contributed by atoms with Crippen molar-refractivity contribution < 1.29 is 21.5 Å². The van der Waals surface area contributed by atoms with Crippen molar-refractivity contribution in [1.29, 1.82) is 0 Å². The van der Waals surface area contributed by atoms with Gasteiger partial charge in [-0.15, -0.1) is 0 Å². The van der Waals surface area contributed by atoms with Gasteiger partial charge in [-0.2, -0.15) is 0 Å². The highest BCUT2D eigenvalue weighted by Gasteiger charge is 2.25. The van der Waals surface area contributed by atoms with Crippen molar-refractivity contribution in [2.45, 2.75) is 104 Å². The molecule has 22 heavy (non-hydrogen) atoms. The maximum atomic E-state index is 2.42. The zero-order valence-corrected chi connectivity index (χ0v) is 17.1. The zero-order chi connectivity index (χ0) is 15.2. The average molecular weight is 376 g/mol. The van der Waals surface area contributed by atoms with Crippen molar-refractivity contribution in [3.63, 3.8) is 0 Å². The number of rotatable bonds is 12. The van der Waals surface area contributed by atoms with Gasteiger partial charge in [-0.25, -0.2) is 0 Å². The van der Waals surface area contributed by atoms with Gasteiger partial charge in [0.2, 0.25) is 0 Å². The molecule has 1 aliphatic rings. The first kappa shape index (κ1) is 22.4. The number of hydrogen-bond donors (Lipinski definition) is 0. The summed E-state index contributed by atoms with van der Waals surface area (Å²) in [4.78, 5) is 0. The molecule has 0 aromatic carbocycles. The lowest BCUT2D eigenvalue weighted by Crippen LogP contribution is -3.00. The van der Waals surface area contributed by atoms with Crippen LogP contribution < -0.4 is 17.0 Å². The minimum atomic E-state index is 0. The van der Waals surface area contributed by atoms with Gasteiger partial charge in [-0.05, 0) is 45.4 Å². The van der Waals surface area contributed by atoms with E-state index in [-0.39, 0.29) is 17.0 Å². The molecule has 0 radical (unpaired) electrons. The molecule has 0 aromatic rings. The van der Waals surface area contributed by atoms with Crippen molar-refractivity contribution in [3.8, 4) is 0 Å². The second-order valence-electron chi connectivity index (χ2n) is 7.42. The fourth-order valence-corrected chi connectivity index (χ4v) is 3.99. The summed E-state index contributed by atoms with van der Waals surface area (Å²) in [5.74, 6) is 0. The highest BCUT2D eigenvalue weighted by molar-refractivity contribution is 4.54. The average Bonchev–Trinajstić information content (AvgIpc) is 2.75. The number of unbranched alkanes of at least 4 members (excludes halogenated alkanes) is 9. The first-order valence-electron chi connectivity index (χ1n) is 10.2. The lowest BCUT2D eigenvalue weighted by atomic mass is 10.1.